The van der Waals surface area contributed by atoms with Gasteiger partial charge in [-0.15, -0.1) is 0 Å². The smallest absolute Gasteiger partial charge is 0.248 e. The number of anilines is 1. The molecule has 0 bridgehead atoms. The number of methoxy groups -OCH3 is 1. The Morgan fingerprint density at radius 2 is 2.07 bits per heavy atom. The molecule has 27 heavy (non-hydrogen) atoms. The third kappa shape index (κ3) is 4.52. The Kier molecular flexibility index (Phi) is 5.84. The van der Waals surface area contributed by atoms with E-state index < -0.39 is 0 Å². The number of nitrogens with zero attached hydrogens (tertiary/aromatic N) is 1. The molecule has 1 heterocycles. The first kappa shape index (κ1) is 18.2. The third-order valence-electron chi connectivity index (χ3n) is 3.88. The molecule has 0 radical (unpaired) electrons. The Labute approximate surface area is 158 Å². The Balaban J connectivity index is 1.73. The molecule has 0 saturated carbocycles. The summed E-state index contributed by atoms with van der Waals surface area (Å²) in [4.78, 5) is 16.6. The fourth-order valence-corrected chi connectivity index (χ4v) is 2.61. The number of ether oxygens (including phenoxy) is 2. The van der Waals surface area contributed by atoms with Crippen molar-refractivity contribution in [3.63, 3.8) is 0 Å². The molecule has 1 N–H and O–H groups in total. The molecule has 1 amide bonds. The number of hydrogen-bond acceptors (Lipinski definition) is 4. The van der Waals surface area contributed by atoms with Crippen LogP contribution in [0.25, 0.3) is 17.0 Å². The monoisotopic (exact) mass is 360 g/mol. The molecular formula is C22H20N2O3. The first-order chi connectivity index (χ1) is 13.2. The van der Waals surface area contributed by atoms with E-state index in [1.54, 1.807) is 31.5 Å². The van der Waals surface area contributed by atoms with Gasteiger partial charge < -0.3 is 14.8 Å². The van der Waals surface area contributed by atoms with Crippen LogP contribution in [0.4, 0.5) is 5.69 Å². The van der Waals surface area contributed by atoms with Gasteiger partial charge in [0.15, 0.2) is 11.5 Å². The molecule has 0 aliphatic carbocycles. The fraction of sp³-hybridized carbons (Fsp3) is 0.0909. The predicted octanol–water partition coefficient (Wildman–Crippen LogP) is 4.46. The highest BCUT2D eigenvalue weighted by Gasteiger charge is 2.06. The number of nitrogens with one attached hydrogen (secondary N) is 1. The lowest BCUT2D eigenvalue weighted by Crippen LogP contribution is -2.08. The van der Waals surface area contributed by atoms with Crippen LogP contribution in [0.2, 0.25) is 0 Å². The summed E-state index contributed by atoms with van der Waals surface area (Å²) in [5.74, 6) is 0.999. The number of carbonyl (C=O) groups is 1. The van der Waals surface area contributed by atoms with Crippen LogP contribution < -0.4 is 14.8 Å². The van der Waals surface area contributed by atoms with Crippen molar-refractivity contribution in [1.29, 1.82) is 0 Å². The zero-order chi connectivity index (χ0) is 19.1. The van der Waals surface area contributed by atoms with Crippen molar-refractivity contribution in [2.24, 2.45) is 0 Å². The maximum Gasteiger partial charge on any atom is 0.248 e. The van der Waals surface area contributed by atoms with E-state index in [2.05, 4.69) is 16.9 Å². The minimum Gasteiger partial charge on any atom is -0.493 e. The Morgan fingerprint density at radius 3 is 2.89 bits per heavy atom. The Hall–Kier alpha value is -3.60. The Morgan fingerprint density at radius 1 is 1.19 bits per heavy atom. The molecule has 0 atom stereocenters. The van der Waals surface area contributed by atoms with Crippen LogP contribution >= 0.6 is 0 Å². The Bertz CT molecular complexity index is 991. The number of rotatable bonds is 7. The van der Waals surface area contributed by atoms with Gasteiger partial charge in [-0.3, -0.25) is 9.78 Å². The van der Waals surface area contributed by atoms with Crippen LogP contribution in [0, 0.1) is 0 Å². The summed E-state index contributed by atoms with van der Waals surface area (Å²) in [5, 5.41) is 3.79. The summed E-state index contributed by atoms with van der Waals surface area (Å²) >= 11 is 0. The van der Waals surface area contributed by atoms with Gasteiger partial charge in [-0.1, -0.05) is 24.8 Å². The van der Waals surface area contributed by atoms with Crippen molar-refractivity contribution >= 4 is 28.6 Å². The molecule has 5 nitrogen and oxygen atoms in total. The van der Waals surface area contributed by atoms with E-state index in [0.29, 0.717) is 18.1 Å². The standard InChI is InChI=1S/C22H20N2O3/c1-3-14-27-20-11-9-16(15-21(20)26-2)10-12-22(25)24-19-8-4-7-18-17(19)6-5-13-23-18/h3-13,15H,1,14H2,2H3,(H,24,25)/b12-10+. The van der Waals surface area contributed by atoms with Gasteiger partial charge in [-0.2, -0.15) is 0 Å². The average molecular weight is 360 g/mol. The van der Waals surface area contributed by atoms with Gasteiger partial charge in [0.2, 0.25) is 5.91 Å². The molecule has 5 heteroatoms. The van der Waals surface area contributed by atoms with E-state index in [4.69, 9.17) is 9.47 Å². The summed E-state index contributed by atoms with van der Waals surface area (Å²) in [7, 11) is 1.57. The first-order valence-electron chi connectivity index (χ1n) is 8.46. The van der Waals surface area contributed by atoms with Gasteiger partial charge >= 0.3 is 0 Å². The first-order valence-corrected chi connectivity index (χ1v) is 8.46. The van der Waals surface area contributed by atoms with Crippen molar-refractivity contribution in [2.75, 3.05) is 19.0 Å². The van der Waals surface area contributed by atoms with Crippen LogP contribution in [0.1, 0.15) is 5.56 Å². The van der Waals surface area contributed by atoms with Gasteiger partial charge in [0.25, 0.3) is 0 Å². The lowest BCUT2D eigenvalue weighted by Gasteiger charge is -2.09. The molecule has 0 unspecified atom stereocenters. The van der Waals surface area contributed by atoms with E-state index in [0.717, 1.165) is 22.2 Å². The SMILES string of the molecule is C=CCOc1ccc(/C=C/C(=O)Nc2cccc3ncccc23)cc1OC. The van der Waals surface area contributed by atoms with Gasteiger partial charge in [-0.25, -0.2) is 0 Å². The molecule has 0 fully saturated rings. The topological polar surface area (TPSA) is 60.5 Å². The van der Waals surface area contributed by atoms with Gasteiger partial charge in [0.1, 0.15) is 6.61 Å². The third-order valence-corrected chi connectivity index (χ3v) is 3.88. The summed E-state index contributed by atoms with van der Waals surface area (Å²) in [6.45, 7) is 4.02. The molecule has 2 aromatic carbocycles. The number of hydrogen-bond donors (Lipinski definition) is 1. The molecule has 0 aliphatic rings. The maximum absolute atomic E-state index is 12.3. The molecule has 1 aromatic heterocycles. The van der Waals surface area contributed by atoms with Crippen LogP contribution in [-0.2, 0) is 4.79 Å². The van der Waals surface area contributed by atoms with Crippen molar-refractivity contribution in [1.82, 2.24) is 4.98 Å². The van der Waals surface area contributed by atoms with Crippen LogP contribution in [0.3, 0.4) is 0 Å². The van der Waals surface area contributed by atoms with E-state index >= 15 is 0 Å². The minimum atomic E-state index is -0.225. The zero-order valence-electron chi connectivity index (χ0n) is 15.0. The van der Waals surface area contributed by atoms with Crippen molar-refractivity contribution in [2.45, 2.75) is 0 Å². The molecule has 136 valence electrons. The van der Waals surface area contributed by atoms with Crippen molar-refractivity contribution in [3.05, 3.63) is 79.0 Å². The van der Waals surface area contributed by atoms with E-state index in [1.807, 2.05) is 42.5 Å². The second kappa shape index (κ2) is 8.67. The van der Waals surface area contributed by atoms with Crippen LogP contribution in [0.15, 0.2) is 73.5 Å². The summed E-state index contributed by atoms with van der Waals surface area (Å²) in [6, 6.07) is 14.9. The normalized spacial score (nSPS) is 10.7. The van der Waals surface area contributed by atoms with Crippen LogP contribution in [0.5, 0.6) is 11.5 Å². The van der Waals surface area contributed by atoms with E-state index in [1.165, 1.54) is 6.08 Å². The number of pyridine rings is 1. The van der Waals surface area contributed by atoms with E-state index in [-0.39, 0.29) is 5.91 Å². The largest absolute Gasteiger partial charge is 0.493 e. The fourth-order valence-electron chi connectivity index (χ4n) is 2.61. The maximum atomic E-state index is 12.3. The van der Waals surface area contributed by atoms with E-state index in [9.17, 15) is 4.79 Å². The summed E-state index contributed by atoms with van der Waals surface area (Å²) in [5.41, 5.74) is 2.38. The van der Waals surface area contributed by atoms with Crippen molar-refractivity contribution < 1.29 is 14.3 Å². The molecular weight excluding hydrogens is 340 g/mol. The summed E-state index contributed by atoms with van der Waals surface area (Å²) < 4.78 is 10.9. The highest BCUT2D eigenvalue weighted by atomic mass is 16.5. The number of fused-ring (bicyclic) bond motifs is 1. The average Bonchev–Trinajstić information content (AvgIpc) is 2.71. The van der Waals surface area contributed by atoms with Crippen molar-refractivity contribution in [3.8, 4) is 11.5 Å². The highest BCUT2D eigenvalue weighted by Crippen LogP contribution is 2.28. The second-order valence-corrected chi connectivity index (χ2v) is 5.71. The number of carbonyl (C=O) groups excluding carboxylic acids is 1. The van der Waals surface area contributed by atoms with Gasteiger partial charge in [-0.05, 0) is 48.0 Å². The molecule has 3 aromatic rings. The minimum absolute atomic E-state index is 0.225. The second-order valence-electron chi connectivity index (χ2n) is 5.71. The highest BCUT2D eigenvalue weighted by molar-refractivity contribution is 6.06. The summed E-state index contributed by atoms with van der Waals surface area (Å²) in [6.07, 6.45) is 6.59. The molecule has 0 aliphatic heterocycles. The lowest BCUT2D eigenvalue weighted by atomic mass is 10.1. The lowest BCUT2D eigenvalue weighted by molar-refractivity contribution is -0.111. The number of benzene rings is 2. The quantitative estimate of drug-likeness (QED) is 0.499. The zero-order valence-corrected chi connectivity index (χ0v) is 15.0. The molecule has 3 rings (SSSR count). The van der Waals surface area contributed by atoms with Crippen LogP contribution in [-0.4, -0.2) is 24.6 Å². The predicted molar refractivity (Wildman–Crippen MR) is 108 cm³/mol. The number of amides is 1. The molecule has 0 saturated heterocycles. The molecule has 0 spiro atoms. The number of aromatic nitrogens is 1. The van der Waals surface area contributed by atoms with Gasteiger partial charge in [0, 0.05) is 17.7 Å². The van der Waals surface area contributed by atoms with Gasteiger partial charge in [0.05, 0.1) is 18.3 Å².